The number of allylic oxidation sites excluding steroid dienone is 2. The molecule has 1 aromatic rings. The van der Waals surface area contributed by atoms with Gasteiger partial charge in [0.15, 0.2) is 0 Å². The summed E-state index contributed by atoms with van der Waals surface area (Å²) in [5.74, 6) is 1.22. The number of rotatable bonds is 6. The number of hydrogen-bond donors (Lipinski definition) is 1. The number of halogens is 3. The van der Waals surface area contributed by atoms with Crippen LogP contribution >= 0.6 is 0 Å². The molecule has 1 aliphatic carbocycles. The highest BCUT2D eigenvalue weighted by Crippen LogP contribution is 2.48. The lowest BCUT2D eigenvalue weighted by Crippen LogP contribution is -2.16. The number of alkyl halides is 3. The third kappa shape index (κ3) is 4.34. The van der Waals surface area contributed by atoms with Gasteiger partial charge in [0.25, 0.3) is 0 Å². The molecule has 2 nitrogen and oxygen atoms in total. The lowest BCUT2D eigenvalue weighted by atomic mass is 9.85. The molecule has 1 atom stereocenters. The predicted molar refractivity (Wildman–Crippen MR) is 85.5 cm³/mol. The number of hydrogen-bond acceptors (Lipinski definition) is 2. The van der Waals surface area contributed by atoms with E-state index in [2.05, 4.69) is 0 Å². The Morgan fingerprint density at radius 2 is 1.88 bits per heavy atom. The van der Waals surface area contributed by atoms with Gasteiger partial charge in [0, 0.05) is 30.4 Å². The molecule has 1 saturated carbocycles. The Hall–Kier alpha value is -1.91. The molecule has 0 spiro atoms. The van der Waals surface area contributed by atoms with Crippen molar-refractivity contribution >= 4 is 0 Å². The third-order valence-electron chi connectivity index (χ3n) is 4.55. The monoisotopic (exact) mass is 338 g/mol. The average Bonchev–Trinajstić information content (AvgIpc) is 3.34. The quantitative estimate of drug-likeness (QED) is 0.727. The SMILES string of the molecule is OC1=C(C(c2ccccc2)C2CC2)COC(CCCC(F)(F)F)=C1. The Bertz CT molecular complexity index is 628. The summed E-state index contributed by atoms with van der Waals surface area (Å²) in [6.07, 6.45) is -1.08. The van der Waals surface area contributed by atoms with Crippen molar-refractivity contribution in [3.05, 3.63) is 59.1 Å². The molecule has 0 saturated heterocycles. The lowest BCUT2D eigenvalue weighted by Gasteiger charge is -2.26. The minimum absolute atomic E-state index is 0.0251. The van der Waals surface area contributed by atoms with Gasteiger partial charge in [0.2, 0.25) is 0 Å². The Kier molecular flexibility index (Phi) is 4.88. The minimum Gasteiger partial charge on any atom is -0.508 e. The van der Waals surface area contributed by atoms with Gasteiger partial charge in [-0.25, -0.2) is 0 Å². The van der Waals surface area contributed by atoms with Crippen LogP contribution in [0, 0.1) is 5.92 Å². The second kappa shape index (κ2) is 6.91. The van der Waals surface area contributed by atoms with E-state index in [9.17, 15) is 18.3 Å². The van der Waals surface area contributed by atoms with Crippen molar-refractivity contribution in [2.24, 2.45) is 5.92 Å². The van der Waals surface area contributed by atoms with Crippen LogP contribution in [0.4, 0.5) is 13.2 Å². The fourth-order valence-electron chi connectivity index (χ4n) is 3.24. The summed E-state index contributed by atoms with van der Waals surface area (Å²) >= 11 is 0. The molecule has 1 aromatic carbocycles. The molecule has 24 heavy (non-hydrogen) atoms. The molecule has 130 valence electrons. The lowest BCUT2D eigenvalue weighted by molar-refractivity contribution is -0.135. The first kappa shape index (κ1) is 16.9. The maximum atomic E-state index is 12.2. The summed E-state index contributed by atoms with van der Waals surface area (Å²) in [5, 5.41) is 10.4. The highest BCUT2D eigenvalue weighted by atomic mass is 19.4. The Labute approximate surface area is 139 Å². The van der Waals surface area contributed by atoms with Crippen LogP contribution in [-0.4, -0.2) is 17.9 Å². The molecule has 1 fully saturated rings. The van der Waals surface area contributed by atoms with Crippen molar-refractivity contribution in [2.75, 3.05) is 6.61 Å². The van der Waals surface area contributed by atoms with Crippen LogP contribution in [0.1, 0.15) is 43.6 Å². The van der Waals surface area contributed by atoms with Gasteiger partial charge in [-0.2, -0.15) is 13.2 Å². The summed E-state index contributed by atoms with van der Waals surface area (Å²) in [5.41, 5.74) is 1.99. The van der Waals surface area contributed by atoms with E-state index in [0.717, 1.165) is 24.0 Å². The largest absolute Gasteiger partial charge is 0.508 e. The normalized spacial score (nSPS) is 19.7. The van der Waals surface area contributed by atoms with Gasteiger partial charge in [0.05, 0.1) is 0 Å². The molecule has 0 amide bonds. The van der Waals surface area contributed by atoms with Crippen molar-refractivity contribution in [3.8, 4) is 0 Å². The van der Waals surface area contributed by atoms with E-state index < -0.39 is 12.6 Å². The Morgan fingerprint density at radius 1 is 1.17 bits per heavy atom. The first-order chi connectivity index (χ1) is 11.4. The highest BCUT2D eigenvalue weighted by molar-refractivity contribution is 5.37. The van der Waals surface area contributed by atoms with Gasteiger partial charge in [-0.05, 0) is 30.7 Å². The van der Waals surface area contributed by atoms with E-state index in [1.807, 2.05) is 30.3 Å². The summed E-state index contributed by atoms with van der Waals surface area (Å²) in [7, 11) is 0. The van der Waals surface area contributed by atoms with Crippen molar-refractivity contribution in [3.63, 3.8) is 0 Å². The molecular formula is C19H21F3O2. The van der Waals surface area contributed by atoms with Gasteiger partial charge in [-0.15, -0.1) is 0 Å². The third-order valence-corrected chi connectivity index (χ3v) is 4.55. The van der Waals surface area contributed by atoms with Crippen LogP contribution in [0.2, 0.25) is 0 Å². The first-order valence-corrected chi connectivity index (χ1v) is 8.31. The number of benzene rings is 1. The van der Waals surface area contributed by atoms with Crippen molar-refractivity contribution in [2.45, 2.75) is 44.2 Å². The molecule has 1 aliphatic heterocycles. The minimum atomic E-state index is -4.15. The fraction of sp³-hybridized carbons (Fsp3) is 0.474. The average molecular weight is 338 g/mol. The highest BCUT2D eigenvalue weighted by Gasteiger charge is 2.37. The zero-order valence-electron chi connectivity index (χ0n) is 13.4. The number of ether oxygens (including phenoxy) is 1. The van der Waals surface area contributed by atoms with Gasteiger partial charge >= 0.3 is 6.18 Å². The van der Waals surface area contributed by atoms with Gasteiger partial charge in [-0.3, -0.25) is 0 Å². The molecular weight excluding hydrogens is 317 g/mol. The fourth-order valence-corrected chi connectivity index (χ4v) is 3.24. The molecule has 2 aliphatic rings. The van der Waals surface area contributed by atoms with Crippen molar-refractivity contribution < 1.29 is 23.0 Å². The summed E-state index contributed by atoms with van der Waals surface area (Å²) < 4.78 is 42.3. The van der Waals surface area contributed by atoms with Gasteiger partial charge in [-0.1, -0.05) is 30.3 Å². The maximum absolute atomic E-state index is 12.2. The van der Waals surface area contributed by atoms with E-state index in [1.54, 1.807) is 0 Å². The Morgan fingerprint density at radius 3 is 2.46 bits per heavy atom. The van der Waals surface area contributed by atoms with Crippen LogP contribution in [0.5, 0.6) is 0 Å². The predicted octanol–water partition coefficient (Wildman–Crippen LogP) is 5.64. The number of aliphatic hydroxyl groups excluding tert-OH is 1. The van der Waals surface area contributed by atoms with Gasteiger partial charge in [0.1, 0.15) is 18.1 Å². The molecule has 5 heteroatoms. The standard InChI is InChI=1S/C19H21F3O2/c20-19(21,22)10-4-7-15-11-17(23)16(12-24-15)18(14-8-9-14)13-5-2-1-3-6-13/h1-3,5-6,11,14,18,23H,4,7-10,12H2. The van der Waals surface area contributed by atoms with Crippen molar-refractivity contribution in [1.29, 1.82) is 0 Å². The van der Waals surface area contributed by atoms with Crippen LogP contribution in [0.25, 0.3) is 0 Å². The zero-order chi connectivity index (χ0) is 17.2. The van der Waals surface area contributed by atoms with E-state index in [0.29, 0.717) is 11.7 Å². The first-order valence-electron chi connectivity index (χ1n) is 8.31. The molecule has 1 N–H and O–H groups in total. The topological polar surface area (TPSA) is 29.5 Å². The molecule has 3 rings (SSSR count). The second-order valence-corrected chi connectivity index (χ2v) is 6.50. The second-order valence-electron chi connectivity index (χ2n) is 6.50. The van der Waals surface area contributed by atoms with E-state index >= 15 is 0 Å². The maximum Gasteiger partial charge on any atom is 0.389 e. The van der Waals surface area contributed by atoms with Crippen LogP contribution in [0.3, 0.4) is 0 Å². The van der Waals surface area contributed by atoms with Crippen LogP contribution in [0.15, 0.2) is 53.5 Å². The Balaban J connectivity index is 1.72. The molecule has 1 heterocycles. The molecule has 0 aromatic heterocycles. The smallest absolute Gasteiger partial charge is 0.389 e. The molecule has 0 radical (unpaired) electrons. The van der Waals surface area contributed by atoms with E-state index in [1.165, 1.54) is 6.08 Å². The van der Waals surface area contributed by atoms with Crippen LogP contribution < -0.4 is 0 Å². The van der Waals surface area contributed by atoms with E-state index in [-0.39, 0.29) is 31.1 Å². The zero-order valence-corrected chi connectivity index (χ0v) is 13.4. The van der Waals surface area contributed by atoms with Gasteiger partial charge < -0.3 is 9.84 Å². The van der Waals surface area contributed by atoms with E-state index in [4.69, 9.17) is 4.74 Å². The summed E-state index contributed by atoms with van der Waals surface area (Å²) in [6.45, 7) is 0.250. The number of aliphatic hydroxyl groups is 1. The van der Waals surface area contributed by atoms with Crippen molar-refractivity contribution in [1.82, 2.24) is 0 Å². The summed E-state index contributed by atoms with van der Waals surface area (Å²) in [4.78, 5) is 0. The molecule has 0 bridgehead atoms. The van der Waals surface area contributed by atoms with Crippen LogP contribution in [-0.2, 0) is 4.74 Å². The molecule has 1 unspecified atom stereocenters. The summed E-state index contributed by atoms with van der Waals surface area (Å²) in [6, 6.07) is 10.0.